The molecule has 1 aliphatic rings. The predicted octanol–water partition coefficient (Wildman–Crippen LogP) is 2.98. The van der Waals surface area contributed by atoms with Crippen molar-refractivity contribution in [3.05, 3.63) is 47.2 Å². The highest BCUT2D eigenvalue weighted by Crippen LogP contribution is 2.26. The number of hydrogen-bond acceptors (Lipinski definition) is 5. The lowest BCUT2D eigenvalue weighted by Crippen LogP contribution is -2.26. The third-order valence-electron chi connectivity index (χ3n) is 4.52. The summed E-state index contributed by atoms with van der Waals surface area (Å²) in [4.78, 5) is 6.98. The van der Waals surface area contributed by atoms with Crippen LogP contribution in [0.25, 0.3) is 0 Å². The Balaban J connectivity index is 1.73. The normalized spacial score (nSPS) is 16.3. The van der Waals surface area contributed by atoms with Crippen LogP contribution in [0.5, 0.6) is 0 Å². The fourth-order valence-electron chi connectivity index (χ4n) is 3.08. The summed E-state index contributed by atoms with van der Waals surface area (Å²) in [5, 5.41) is 11.9. The molecule has 1 aromatic carbocycles. The maximum atomic E-state index is 13.1. The standard InChI is InChI=1S/C18H24FN5/c1-13(15-5-7-16(19)8-6-15)17-18(21-14(2)22-23-17)20-9-12-24-10-3-4-11-24/h5-8,13H,3-4,9-12H2,1-2H3,(H,20,21,22). The molecule has 24 heavy (non-hydrogen) atoms. The zero-order valence-electron chi connectivity index (χ0n) is 14.3. The highest BCUT2D eigenvalue weighted by Gasteiger charge is 2.18. The van der Waals surface area contributed by atoms with Gasteiger partial charge in [0.15, 0.2) is 5.82 Å². The zero-order valence-corrected chi connectivity index (χ0v) is 14.3. The predicted molar refractivity (Wildman–Crippen MR) is 92.6 cm³/mol. The number of aromatic nitrogens is 3. The first-order chi connectivity index (χ1) is 11.6. The minimum absolute atomic E-state index is 0.000451. The smallest absolute Gasteiger partial charge is 0.152 e. The molecule has 1 atom stereocenters. The third-order valence-corrected chi connectivity index (χ3v) is 4.52. The number of anilines is 1. The second-order valence-electron chi connectivity index (χ2n) is 6.34. The van der Waals surface area contributed by atoms with Crippen molar-refractivity contribution in [1.29, 1.82) is 0 Å². The van der Waals surface area contributed by atoms with E-state index in [0.717, 1.165) is 30.2 Å². The Bertz CT molecular complexity index is 668. The lowest BCUT2D eigenvalue weighted by Gasteiger charge is -2.18. The van der Waals surface area contributed by atoms with Crippen molar-refractivity contribution in [3.8, 4) is 0 Å². The minimum atomic E-state index is -0.233. The van der Waals surface area contributed by atoms with Crippen molar-refractivity contribution in [3.63, 3.8) is 0 Å². The average molecular weight is 329 g/mol. The molecule has 1 unspecified atom stereocenters. The van der Waals surface area contributed by atoms with Crippen LogP contribution in [0.1, 0.15) is 42.8 Å². The van der Waals surface area contributed by atoms with E-state index in [4.69, 9.17) is 0 Å². The second-order valence-corrected chi connectivity index (χ2v) is 6.34. The van der Waals surface area contributed by atoms with Gasteiger partial charge >= 0.3 is 0 Å². The molecule has 3 rings (SSSR count). The molecular weight excluding hydrogens is 305 g/mol. The summed E-state index contributed by atoms with van der Waals surface area (Å²) in [6.45, 7) is 8.09. The Morgan fingerprint density at radius 3 is 2.58 bits per heavy atom. The van der Waals surface area contributed by atoms with Gasteiger partial charge in [-0.05, 0) is 50.6 Å². The summed E-state index contributed by atoms with van der Waals surface area (Å²) in [5.41, 5.74) is 1.80. The Morgan fingerprint density at radius 2 is 1.88 bits per heavy atom. The minimum Gasteiger partial charge on any atom is -0.367 e. The van der Waals surface area contributed by atoms with Gasteiger partial charge in [0.1, 0.15) is 17.3 Å². The molecule has 0 saturated carbocycles. The molecule has 1 fully saturated rings. The van der Waals surface area contributed by atoms with Gasteiger partial charge < -0.3 is 10.2 Å². The molecule has 0 amide bonds. The first-order valence-corrected chi connectivity index (χ1v) is 8.56. The molecule has 0 spiro atoms. The number of rotatable bonds is 6. The summed E-state index contributed by atoms with van der Waals surface area (Å²) in [5.74, 6) is 1.19. The quantitative estimate of drug-likeness (QED) is 0.883. The number of nitrogens with zero attached hydrogens (tertiary/aromatic N) is 4. The fourth-order valence-corrected chi connectivity index (χ4v) is 3.08. The lowest BCUT2D eigenvalue weighted by molar-refractivity contribution is 0.352. The first-order valence-electron chi connectivity index (χ1n) is 8.56. The number of hydrogen-bond donors (Lipinski definition) is 1. The van der Waals surface area contributed by atoms with E-state index in [0.29, 0.717) is 5.82 Å². The second kappa shape index (κ2) is 7.66. The fraction of sp³-hybridized carbons (Fsp3) is 0.500. The molecule has 2 aromatic rings. The number of halogens is 1. The van der Waals surface area contributed by atoms with E-state index in [1.165, 1.54) is 38.1 Å². The van der Waals surface area contributed by atoms with Crippen molar-refractivity contribution >= 4 is 5.82 Å². The molecule has 1 aromatic heterocycles. The Hall–Kier alpha value is -2.08. The SMILES string of the molecule is Cc1nnc(C(C)c2ccc(F)cc2)c(NCCN2CCCC2)n1. The van der Waals surface area contributed by atoms with Crippen LogP contribution in [0, 0.1) is 12.7 Å². The molecule has 0 bridgehead atoms. The average Bonchev–Trinajstić information content (AvgIpc) is 3.08. The number of nitrogens with one attached hydrogen (secondary N) is 1. The summed E-state index contributed by atoms with van der Waals surface area (Å²) in [6.07, 6.45) is 2.59. The lowest BCUT2D eigenvalue weighted by atomic mass is 9.97. The van der Waals surface area contributed by atoms with Crippen LogP contribution in [0.15, 0.2) is 24.3 Å². The van der Waals surface area contributed by atoms with Gasteiger partial charge in [-0.3, -0.25) is 0 Å². The van der Waals surface area contributed by atoms with Crippen molar-refractivity contribution in [1.82, 2.24) is 20.1 Å². The van der Waals surface area contributed by atoms with Crippen LogP contribution in [-0.2, 0) is 0 Å². The largest absolute Gasteiger partial charge is 0.367 e. The molecule has 1 aliphatic heterocycles. The Kier molecular flexibility index (Phi) is 5.35. The van der Waals surface area contributed by atoms with E-state index >= 15 is 0 Å². The maximum absolute atomic E-state index is 13.1. The van der Waals surface area contributed by atoms with Crippen molar-refractivity contribution in [2.45, 2.75) is 32.6 Å². The van der Waals surface area contributed by atoms with Gasteiger partial charge in [0.05, 0.1) is 0 Å². The molecular formula is C18H24FN5. The first kappa shape index (κ1) is 16.8. The van der Waals surface area contributed by atoms with E-state index in [-0.39, 0.29) is 11.7 Å². The number of aryl methyl sites for hydroxylation is 1. The van der Waals surface area contributed by atoms with Crippen molar-refractivity contribution < 1.29 is 4.39 Å². The van der Waals surface area contributed by atoms with Gasteiger partial charge in [-0.15, -0.1) is 10.2 Å². The summed E-state index contributed by atoms with van der Waals surface area (Å²) >= 11 is 0. The monoisotopic (exact) mass is 329 g/mol. The van der Waals surface area contributed by atoms with E-state index in [2.05, 4.69) is 25.4 Å². The van der Waals surface area contributed by atoms with Gasteiger partial charge in [0.2, 0.25) is 0 Å². The Morgan fingerprint density at radius 1 is 1.17 bits per heavy atom. The van der Waals surface area contributed by atoms with Crippen LogP contribution < -0.4 is 5.32 Å². The molecule has 0 radical (unpaired) electrons. The number of benzene rings is 1. The van der Waals surface area contributed by atoms with E-state index in [1.807, 2.05) is 13.8 Å². The highest BCUT2D eigenvalue weighted by atomic mass is 19.1. The van der Waals surface area contributed by atoms with Crippen LogP contribution in [0.3, 0.4) is 0 Å². The molecule has 5 nitrogen and oxygen atoms in total. The molecule has 1 N–H and O–H groups in total. The molecule has 6 heteroatoms. The van der Waals surface area contributed by atoms with Gasteiger partial charge in [-0.2, -0.15) is 0 Å². The topological polar surface area (TPSA) is 53.9 Å². The van der Waals surface area contributed by atoms with Crippen molar-refractivity contribution in [2.75, 3.05) is 31.5 Å². The maximum Gasteiger partial charge on any atom is 0.152 e. The van der Waals surface area contributed by atoms with Crippen LogP contribution in [0.2, 0.25) is 0 Å². The zero-order chi connectivity index (χ0) is 16.9. The van der Waals surface area contributed by atoms with Crippen LogP contribution in [0.4, 0.5) is 10.2 Å². The summed E-state index contributed by atoms with van der Waals surface area (Å²) in [6, 6.07) is 6.52. The van der Waals surface area contributed by atoms with Crippen molar-refractivity contribution in [2.24, 2.45) is 0 Å². The van der Waals surface area contributed by atoms with Gasteiger partial charge in [0.25, 0.3) is 0 Å². The Labute approximate surface area is 142 Å². The molecule has 2 heterocycles. The third kappa shape index (κ3) is 4.06. The van der Waals surface area contributed by atoms with E-state index < -0.39 is 0 Å². The molecule has 1 saturated heterocycles. The highest BCUT2D eigenvalue weighted by molar-refractivity contribution is 5.45. The molecule has 128 valence electrons. The van der Waals surface area contributed by atoms with E-state index in [9.17, 15) is 4.39 Å². The van der Waals surface area contributed by atoms with Crippen LogP contribution >= 0.6 is 0 Å². The van der Waals surface area contributed by atoms with E-state index in [1.54, 1.807) is 12.1 Å². The molecule has 0 aliphatic carbocycles. The van der Waals surface area contributed by atoms with Crippen LogP contribution in [-0.4, -0.2) is 46.3 Å². The number of likely N-dealkylation sites (tertiary alicyclic amines) is 1. The summed E-state index contributed by atoms with van der Waals surface area (Å²) < 4.78 is 13.1. The summed E-state index contributed by atoms with van der Waals surface area (Å²) in [7, 11) is 0. The van der Waals surface area contributed by atoms with Gasteiger partial charge in [-0.25, -0.2) is 9.37 Å². The van der Waals surface area contributed by atoms with Gasteiger partial charge in [-0.1, -0.05) is 19.1 Å². The van der Waals surface area contributed by atoms with Gasteiger partial charge in [0, 0.05) is 19.0 Å².